The molecule has 0 unspecified atom stereocenters. The summed E-state index contributed by atoms with van der Waals surface area (Å²) in [6.07, 6.45) is 0. The molecule has 0 fully saturated rings. The number of nitrogens with zero attached hydrogens (tertiary/aromatic N) is 1. The second kappa shape index (κ2) is 8.54. The number of aromatic nitrogens is 1. The van der Waals surface area contributed by atoms with Crippen molar-refractivity contribution >= 4 is 61.8 Å². The van der Waals surface area contributed by atoms with Crippen molar-refractivity contribution in [2.75, 3.05) is 5.32 Å². The molecule has 0 atom stereocenters. The zero-order chi connectivity index (χ0) is 22.2. The first-order chi connectivity index (χ1) is 14.7. The first kappa shape index (κ1) is 21.7. The van der Waals surface area contributed by atoms with E-state index in [9.17, 15) is 4.79 Å². The zero-order valence-electron chi connectivity index (χ0n) is 16.6. The van der Waals surface area contributed by atoms with Crippen molar-refractivity contribution in [1.29, 1.82) is 0 Å². The fourth-order valence-electron chi connectivity index (χ4n) is 2.90. The smallest absolute Gasteiger partial charge is 0.267 e. The van der Waals surface area contributed by atoms with Crippen LogP contribution in [0, 0.1) is 0 Å². The molecule has 0 spiro atoms. The number of hydrogen-bond acceptors (Lipinski definition) is 4. The average Bonchev–Trinajstić information content (AvgIpc) is 3.14. The van der Waals surface area contributed by atoms with Crippen LogP contribution >= 0.6 is 39.1 Å². The van der Waals surface area contributed by atoms with Crippen LogP contribution in [0.3, 0.4) is 0 Å². The lowest BCUT2D eigenvalue weighted by Gasteiger charge is -2.25. The van der Waals surface area contributed by atoms with Crippen molar-refractivity contribution in [2.45, 2.75) is 19.4 Å². The molecule has 5 nitrogen and oxygen atoms in total. The monoisotopic (exact) mass is 518 g/mol. The highest BCUT2D eigenvalue weighted by atomic mass is 79.9. The van der Waals surface area contributed by atoms with Crippen molar-refractivity contribution < 1.29 is 13.9 Å². The first-order valence-corrected chi connectivity index (χ1v) is 10.9. The van der Waals surface area contributed by atoms with E-state index in [-0.39, 0.29) is 5.91 Å². The highest BCUT2D eigenvalue weighted by Gasteiger charge is 2.30. The molecule has 8 heteroatoms. The van der Waals surface area contributed by atoms with Gasteiger partial charge in [-0.2, -0.15) is 0 Å². The Morgan fingerprint density at radius 2 is 1.74 bits per heavy atom. The number of hydrogen-bond donors (Lipinski definition) is 1. The van der Waals surface area contributed by atoms with Gasteiger partial charge in [-0.1, -0.05) is 39.1 Å². The zero-order valence-corrected chi connectivity index (χ0v) is 19.7. The van der Waals surface area contributed by atoms with Crippen LogP contribution in [-0.2, 0) is 4.79 Å². The van der Waals surface area contributed by atoms with Crippen LogP contribution in [0.1, 0.15) is 13.8 Å². The Labute approximate surface area is 197 Å². The lowest BCUT2D eigenvalue weighted by Crippen LogP contribution is -2.42. The third-order valence-corrected chi connectivity index (χ3v) is 5.56. The molecular formula is C23H17BrCl2N2O3. The van der Waals surface area contributed by atoms with E-state index in [0.717, 1.165) is 10.0 Å². The number of halogens is 3. The number of carbonyl (C=O) groups excluding carboxylic acids is 1. The maximum Gasteiger partial charge on any atom is 0.267 e. The van der Waals surface area contributed by atoms with Gasteiger partial charge in [-0.25, -0.2) is 4.98 Å². The number of nitrogens with one attached hydrogen (secondary N) is 1. The quantitative estimate of drug-likeness (QED) is 0.299. The molecule has 0 saturated carbocycles. The summed E-state index contributed by atoms with van der Waals surface area (Å²) in [5.74, 6) is 0.746. The van der Waals surface area contributed by atoms with E-state index in [0.29, 0.717) is 38.5 Å². The number of fused-ring (bicyclic) bond motifs is 1. The van der Waals surface area contributed by atoms with E-state index in [1.54, 1.807) is 62.4 Å². The van der Waals surface area contributed by atoms with E-state index in [2.05, 4.69) is 26.2 Å². The van der Waals surface area contributed by atoms with E-state index in [1.807, 2.05) is 12.1 Å². The van der Waals surface area contributed by atoms with Gasteiger partial charge in [0.1, 0.15) is 11.3 Å². The molecule has 4 aromatic rings. The van der Waals surface area contributed by atoms with Gasteiger partial charge >= 0.3 is 0 Å². The van der Waals surface area contributed by atoms with Crippen molar-refractivity contribution in [1.82, 2.24) is 4.98 Å². The molecule has 0 saturated heterocycles. The van der Waals surface area contributed by atoms with E-state index in [4.69, 9.17) is 32.4 Å². The van der Waals surface area contributed by atoms with Gasteiger partial charge in [0.15, 0.2) is 11.2 Å². The fourth-order valence-corrected chi connectivity index (χ4v) is 3.69. The minimum absolute atomic E-state index is 0.272. The standard InChI is InChI=1S/C23H17BrCl2N2O3/c1-23(2,31-17-9-5-14(24)6-10-17)22(29)27-16-7-3-13(4-8-16)21-28-19-12-15(25)11-18(26)20(19)30-21/h3-12H,1-2H3,(H,27,29). The van der Waals surface area contributed by atoms with Crippen LogP contribution in [-0.4, -0.2) is 16.5 Å². The molecule has 31 heavy (non-hydrogen) atoms. The van der Waals surface area contributed by atoms with Crippen molar-refractivity contribution in [3.05, 3.63) is 75.2 Å². The molecule has 4 rings (SSSR count). The third kappa shape index (κ3) is 4.87. The first-order valence-electron chi connectivity index (χ1n) is 9.33. The highest BCUT2D eigenvalue weighted by molar-refractivity contribution is 9.10. The minimum Gasteiger partial charge on any atom is -0.478 e. The molecule has 0 aliphatic rings. The maximum absolute atomic E-state index is 12.7. The number of anilines is 1. The number of benzene rings is 3. The summed E-state index contributed by atoms with van der Waals surface area (Å²) in [5, 5.41) is 3.76. The number of rotatable bonds is 5. The topological polar surface area (TPSA) is 64.4 Å². The van der Waals surface area contributed by atoms with Crippen molar-refractivity contribution in [3.63, 3.8) is 0 Å². The number of oxazole rings is 1. The Hall–Kier alpha value is -2.54. The Kier molecular flexibility index (Phi) is 5.97. The molecule has 0 aliphatic heterocycles. The Morgan fingerprint density at radius 1 is 1.06 bits per heavy atom. The van der Waals surface area contributed by atoms with Crippen LogP contribution in [0.4, 0.5) is 5.69 Å². The molecule has 1 amide bonds. The third-order valence-electron chi connectivity index (χ3n) is 4.53. The summed E-state index contributed by atoms with van der Waals surface area (Å²) in [5.41, 5.74) is 1.36. The van der Waals surface area contributed by atoms with Crippen LogP contribution in [0.15, 0.2) is 69.6 Å². The lowest BCUT2D eigenvalue weighted by molar-refractivity contribution is -0.128. The minimum atomic E-state index is -1.07. The number of ether oxygens (including phenoxy) is 1. The van der Waals surface area contributed by atoms with Gasteiger partial charge in [0.05, 0.1) is 5.02 Å². The SMILES string of the molecule is CC(C)(Oc1ccc(Br)cc1)C(=O)Nc1ccc(-c2nc3cc(Cl)cc(Cl)c3o2)cc1. The van der Waals surface area contributed by atoms with E-state index >= 15 is 0 Å². The summed E-state index contributed by atoms with van der Waals surface area (Å²) in [6.45, 7) is 3.43. The molecule has 0 aliphatic carbocycles. The molecule has 1 heterocycles. The molecule has 1 aromatic heterocycles. The highest BCUT2D eigenvalue weighted by Crippen LogP contribution is 2.32. The lowest BCUT2D eigenvalue weighted by atomic mass is 10.1. The summed E-state index contributed by atoms with van der Waals surface area (Å²) in [6, 6.07) is 17.8. The molecule has 3 aromatic carbocycles. The second-order valence-corrected chi connectivity index (χ2v) is 9.11. The van der Waals surface area contributed by atoms with Gasteiger partial charge in [0.2, 0.25) is 5.89 Å². The molecule has 0 radical (unpaired) electrons. The largest absolute Gasteiger partial charge is 0.478 e. The summed E-state index contributed by atoms with van der Waals surface area (Å²) in [7, 11) is 0. The number of amides is 1. The normalized spacial score (nSPS) is 11.5. The van der Waals surface area contributed by atoms with Gasteiger partial charge < -0.3 is 14.5 Å². The van der Waals surface area contributed by atoms with Gasteiger partial charge in [-0.3, -0.25) is 4.79 Å². The van der Waals surface area contributed by atoms with Crippen LogP contribution < -0.4 is 10.1 Å². The van der Waals surface area contributed by atoms with Gasteiger partial charge in [0, 0.05) is 20.7 Å². The van der Waals surface area contributed by atoms with Crippen LogP contribution in [0.25, 0.3) is 22.6 Å². The Morgan fingerprint density at radius 3 is 2.42 bits per heavy atom. The summed E-state index contributed by atoms with van der Waals surface area (Å²) < 4.78 is 12.6. The van der Waals surface area contributed by atoms with Crippen LogP contribution in [0.5, 0.6) is 5.75 Å². The molecular weight excluding hydrogens is 503 g/mol. The van der Waals surface area contributed by atoms with Gasteiger partial charge in [0.25, 0.3) is 5.91 Å². The molecule has 0 bridgehead atoms. The summed E-state index contributed by atoms with van der Waals surface area (Å²) >= 11 is 15.6. The maximum atomic E-state index is 12.7. The van der Waals surface area contributed by atoms with E-state index < -0.39 is 5.60 Å². The molecule has 158 valence electrons. The van der Waals surface area contributed by atoms with Gasteiger partial charge in [-0.15, -0.1) is 0 Å². The van der Waals surface area contributed by atoms with Crippen molar-refractivity contribution in [2.24, 2.45) is 0 Å². The Bertz CT molecular complexity index is 1250. The Balaban J connectivity index is 1.48. The number of carbonyl (C=O) groups is 1. The van der Waals surface area contributed by atoms with Crippen molar-refractivity contribution in [3.8, 4) is 17.2 Å². The fraction of sp³-hybridized carbons (Fsp3) is 0.130. The van der Waals surface area contributed by atoms with E-state index in [1.165, 1.54) is 0 Å². The molecule has 1 N–H and O–H groups in total. The second-order valence-electron chi connectivity index (χ2n) is 7.35. The predicted molar refractivity (Wildman–Crippen MR) is 127 cm³/mol. The summed E-state index contributed by atoms with van der Waals surface area (Å²) in [4.78, 5) is 17.2. The van der Waals surface area contributed by atoms with Crippen LogP contribution in [0.2, 0.25) is 10.0 Å². The average molecular weight is 520 g/mol. The predicted octanol–water partition coefficient (Wildman–Crippen LogP) is 7.36. The van der Waals surface area contributed by atoms with Gasteiger partial charge in [-0.05, 0) is 74.5 Å².